The Balaban J connectivity index is 1.75. The molecule has 0 radical (unpaired) electrons. The van der Waals surface area contributed by atoms with E-state index in [0.29, 0.717) is 11.1 Å². The molecule has 0 amide bonds. The van der Waals surface area contributed by atoms with Crippen molar-refractivity contribution in [2.75, 3.05) is 0 Å². The first-order valence-corrected chi connectivity index (χ1v) is 9.88. The summed E-state index contributed by atoms with van der Waals surface area (Å²) in [6.45, 7) is 10.7. The van der Waals surface area contributed by atoms with Gasteiger partial charge in [-0.15, -0.1) is 0 Å². The van der Waals surface area contributed by atoms with Gasteiger partial charge in [-0.05, 0) is 54.7 Å². The van der Waals surface area contributed by atoms with E-state index in [1.807, 2.05) is 19.9 Å². The van der Waals surface area contributed by atoms with E-state index in [-0.39, 0.29) is 22.6 Å². The summed E-state index contributed by atoms with van der Waals surface area (Å²) in [5, 5.41) is 0. The Morgan fingerprint density at radius 3 is 1.90 bits per heavy atom. The molecular weight excluding hydrogens is 358 g/mol. The lowest BCUT2D eigenvalue weighted by atomic mass is 9.87. The SMILES string of the molecule is Cc1cc(C=C2C(=O)c3ccccc3C2=O)c(C)n1-c1ccc(C(C)(C)C)cc1. The minimum atomic E-state index is -0.190. The maximum absolute atomic E-state index is 12.7. The molecule has 1 aliphatic carbocycles. The lowest BCUT2D eigenvalue weighted by molar-refractivity contribution is 0.0990. The van der Waals surface area contributed by atoms with Crippen LogP contribution in [0.1, 0.15) is 64.0 Å². The maximum atomic E-state index is 12.7. The van der Waals surface area contributed by atoms with Gasteiger partial charge in [0.05, 0.1) is 5.57 Å². The first-order chi connectivity index (χ1) is 13.7. The van der Waals surface area contributed by atoms with Gasteiger partial charge in [-0.1, -0.05) is 57.2 Å². The molecule has 0 atom stereocenters. The van der Waals surface area contributed by atoms with Crippen LogP contribution in [0.5, 0.6) is 0 Å². The normalized spacial score (nSPS) is 13.8. The van der Waals surface area contributed by atoms with Crippen LogP contribution >= 0.6 is 0 Å². The van der Waals surface area contributed by atoms with E-state index in [4.69, 9.17) is 0 Å². The minimum Gasteiger partial charge on any atom is -0.318 e. The molecule has 3 nitrogen and oxygen atoms in total. The molecule has 0 fully saturated rings. The number of carbonyl (C=O) groups excluding carboxylic acids is 2. The standard InChI is InChI=1S/C26H25NO2/c1-16-14-18(15-23-24(28)21-8-6-7-9-22(21)25(23)29)17(2)27(16)20-12-10-19(11-13-20)26(3,4)5/h6-15H,1-5H3. The number of nitrogens with zero attached hydrogens (tertiary/aromatic N) is 1. The smallest absolute Gasteiger partial charge is 0.197 e. The zero-order valence-corrected chi connectivity index (χ0v) is 17.5. The summed E-state index contributed by atoms with van der Waals surface area (Å²) in [6, 6.07) is 17.6. The first kappa shape index (κ1) is 19.1. The van der Waals surface area contributed by atoms with Gasteiger partial charge in [-0.2, -0.15) is 0 Å². The molecule has 2 aromatic carbocycles. The van der Waals surface area contributed by atoms with E-state index in [1.165, 1.54) is 5.56 Å². The third kappa shape index (κ3) is 3.17. The van der Waals surface area contributed by atoms with Crippen molar-refractivity contribution in [3.8, 4) is 5.69 Å². The Kier molecular flexibility index (Phi) is 4.42. The van der Waals surface area contributed by atoms with Gasteiger partial charge in [0.15, 0.2) is 11.6 Å². The van der Waals surface area contributed by atoms with Gasteiger partial charge in [-0.3, -0.25) is 9.59 Å². The van der Waals surface area contributed by atoms with Gasteiger partial charge in [0.2, 0.25) is 0 Å². The number of rotatable bonds is 2. The second kappa shape index (κ2) is 6.70. The summed E-state index contributed by atoms with van der Waals surface area (Å²) in [7, 11) is 0. The van der Waals surface area contributed by atoms with Crippen molar-refractivity contribution in [1.82, 2.24) is 4.57 Å². The molecule has 0 unspecified atom stereocenters. The van der Waals surface area contributed by atoms with Gasteiger partial charge < -0.3 is 4.57 Å². The van der Waals surface area contributed by atoms with Gasteiger partial charge in [0.25, 0.3) is 0 Å². The molecule has 1 heterocycles. The van der Waals surface area contributed by atoms with Gasteiger partial charge in [-0.25, -0.2) is 0 Å². The van der Waals surface area contributed by atoms with Crippen LogP contribution in [0.2, 0.25) is 0 Å². The van der Waals surface area contributed by atoms with Crippen molar-refractivity contribution in [1.29, 1.82) is 0 Å². The summed E-state index contributed by atoms with van der Waals surface area (Å²) in [5.74, 6) is -0.380. The molecule has 0 saturated heterocycles. The Hall–Kier alpha value is -3.20. The highest BCUT2D eigenvalue weighted by Gasteiger charge is 2.32. The lowest BCUT2D eigenvalue weighted by Crippen LogP contribution is -2.11. The van der Waals surface area contributed by atoms with Crippen LogP contribution < -0.4 is 0 Å². The summed E-state index contributed by atoms with van der Waals surface area (Å²) < 4.78 is 2.16. The molecule has 146 valence electrons. The molecule has 0 spiro atoms. The van der Waals surface area contributed by atoms with Crippen molar-refractivity contribution in [3.63, 3.8) is 0 Å². The average molecular weight is 383 g/mol. The quantitative estimate of drug-likeness (QED) is 0.411. The second-order valence-corrected chi connectivity index (χ2v) is 8.72. The molecule has 1 aliphatic rings. The number of aryl methyl sites for hydroxylation is 1. The Morgan fingerprint density at radius 2 is 1.38 bits per heavy atom. The van der Waals surface area contributed by atoms with Gasteiger partial charge >= 0.3 is 0 Å². The number of carbonyl (C=O) groups is 2. The first-order valence-electron chi connectivity index (χ1n) is 9.88. The topological polar surface area (TPSA) is 39.1 Å². The van der Waals surface area contributed by atoms with Crippen LogP contribution in [0.3, 0.4) is 0 Å². The van der Waals surface area contributed by atoms with Crippen LogP contribution in [0.4, 0.5) is 0 Å². The second-order valence-electron chi connectivity index (χ2n) is 8.72. The number of fused-ring (bicyclic) bond motifs is 1. The molecule has 0 N–H and O–H groups in total. The van der Waals surface area contributed by atoms with Crippen LogP contribution in [-0.2, 0) is 5.41 Å². The number of aromatic nitrogens is 1. The van der Waals surface area contributed by atoms with Crippen molar-refractivity contribution in [2.24, 2.45) is 0 Å². The molecule has 29 heavy (non-hydrogen) atoms. The van der Waals surface area contributed by atoms with E-state index >= 15 is 0 Å². The zero-order valence-electron chi connectivity index (χ0n) is 17.5. The molecule has 0 saturated carbocycles. The number of Topliss-reactive ketones (excluding diaryl/α,β-unsaturated/α-hetero) is 2. The van der Waals surface area contributed by atoms with Gasteiger partial charge in [0.1, 0.15) is 0 Å². The predicted molar refractivity (Wildman–Crippen MR) is 117 cm³/mol. The number of hydrogen-bond acceptors (Lipinski definition) is 2. The van der Waals surface area contributed by atoms with Crippen LogP contribution in [-0.4, -0.2) is 16.1 Å². The van der Waals surface area contributed by atoms with Crippen molar-refractivity contribution in [3.05, 3.63) is 93.8 Å². The fourth-order valence-corrected chi connectivity index (χ4v) is 4.00. The highest BCUT2D eigenvalue weighted by Crippen LogP contribution is 2.30. The van der Waals surface area contributed by atoms with E-state index in [9.17, 15) is 9.59 Å². The fourth-order valence-electron chi connectivity index (χ4n) is 4.00. The fraction of sp³-hybridized carbons (Fsp3) is 0.231. The Morgan fingerprint density at radius 1 is 0.828 bits per heavy atom. The van der Waals surface area contributed by atoms with Gasteiger partial charge in [0, 0.05) is 28.2 Å². The minimum absolute atomic E-state index is 0.104. The highest BCUT2D eigenvalue weighted by atomic mass is 16.2. The molecule has 3 heteroatoms. The molecule has 1 aromatic heterocycles. The van der Waals surface area contributed by atoms with Crippen molar-refractivity contribution >= 4 is 17.6 Å². The largest absolute Gasteiger partial charge is 0.318 e. The molecule has 4 rings (SSSR count). The Bertz CT molecular complexity index is 1130. The maximum Gasteiger partial charge on any atom is 0.197 e. The number of hydrogen-bond donors (Lipinski definition) is 0. The molecule has 3 aromatic rings. The van der Waals surface area contributed by atoms with Crippen LogP contribution in [0.15, 0.2) is 60.2 Å². The summed E-state index contributed by atoms with van der Waals surface area (Å²) >= 11 is 0. The van der Waals surface area contributed by atoms with E-state index in [0.717, 1.165) is 22.6 Å². The predicted octanol–water partition coefficient (Wildman–Crippen LogP) is 5.85. The van der Waals surface area contributed by atoms with E-state index in [2.05, 4.69) is 49.6 Å². The number of allylic oxidation sites excluding steroid dienone is 1. The van der Waals surface area contributed by atoms with E-state index < -0.39 is 0 Å². The van der Waals surface area contributed by atoms with Crippen molar-refractivity contribution in [2.45, 2.75) is 40.0 Å². The van der Waals surface area contributed by atoms with Crippen molar-refractivity contribution < 1.29 is 9.59 Å². The number of benzene rings is 2. The van der Waals surface area contributed by atoms with E-state index in [1.54, 1.807) is 30.3 Å². The highest BCUT2D eigenvalue weighted by molar-refractivity contribution is 6.41. The number of ketones is 2. The average Bonchev–Trinajstić information content (AvgIpc) is 3.10. The monoisotopic (exact) mass is 383 g/mol. The third-order valence-electron chi connectivity index (χ3n) is 5.67. The molecule has 0 bridgehead atoms. The van der Waals surface area contributed by atoms with Crippen LogP contribution in [0, 0.1) is 13.8 Å². The lowest BCUT2D eigenvalue weighted by Gasteiger charge is -2.20. The summed E-state index contributed by atoms with van der Waals surface area (Å²) in [6.07, 6.45) is 1.74. The summed E-state index contributed by atoms with van der Waals surface area (Å²) in [4.78, 5) is 25.4. The molecule has 0 aliphatic heterocycles. The zero-order chi connectivity index (χ0) is 20.9. The van der Waals surface area contributed by atoms with Crippen LogP contribution in [0.25, 0.3) is 11.8 Å². The Labute approximate surface area is 171 Å². The molecular formula is C26H25NO2. The third-order valence-corrected chi connectivity index (χ3v) is 5.67. The summed E-state index contributed by atoms with van der Waals surface area (Å²) in [5.41, 5.74) is 6.67.